The van der Waals surface area contributed by atoms with Crippen LogP contribution < -0.4 is 5.73 Å². The third kappa shape index (κ3) is 3.87. The summed E-state index contributed by atoms with van der Waals surface area (Å²) in [6, 6.07) is 8.71. The summed E-state index contributed by atoms with van der Waals surface area (Å²) >= 11 is 1.75. The van der Waals surface area contributed by atoms with Crippen LogP contribution in [0.25, 0.3) is 0 Å². The van der Waals surface area contributed by atoms with Gasteiger partial charge in [0.15, 0.2) is 0 Å². The molecule has 2 N–H and O–H groups in total. The highest BCUT2D eigenvalue weighted by Crippen LogP contribution is 2.26. The molecule has 1 atom stereocenters. The van der Waals surface area contributed by atoms with Crippen LogP contribution in [0.3, 0.4) is 0 Å². The summed E-state index contributed by atoms with van der Waals surface area (Å²) < 4.78 is 1.81. The molecule has 0 saturated heterocycles. The molecule has 0 amide bonds. The third-order valence-corrected chi connectivity index (χ3v) is 4.39. The predicted molar refractivity (Wildman–Crippen MR) is 86.0 cm³/mol. The van der Waals surface area contributed by atoms with Crippen molar-refractivity contribution in [3.8, 4) is 0 Å². The summed E-state index contributed by atoms with van der Waals surface area (Å²) in [5.41, 5.74) is 8.98. The predicted octanol–water partition coefficient (Wildman–Crippen LogP) is 3.51. The molecule has 0 aliphatic heterocycles. The van der Waals surface area contributed by atoms with Crippen molar-refractivity contribution in [2.75, 3.05) is 5.75 Å². The number of aryl methyl sites for hydroxylation is 1. The van der Waals surface area contributed by atoms with Crippen molar-refractivity contribution < 1.29 is 0 Å². The van der Waals surface area contributed by atoms with Crippen LogP contribution in [0.2, 0.25) is 0 Å². The lowest BCUT2D eigenvalue weighted by Crippen LogP contribution is -2.15. The molecule has 1 unspecified atom stereocenters. The number of thioether (sulfide) groups is 1. The van der Waals surface area contributed by atoms with Crippen molar-refractivity contribution in [3.63, 3.8) is 0 Å². The van der Waals surface area contributed by atoms with E-state index in [1.807, 2.05) is 24.1 Å². The van der Waals surface area contributed by atoms with E-state index in [0.29, 0.717) is 0 Å². The van der Waals surface area contributed by atoms with E-state index in [1.165, 1.54) is 11.1 Å². The summed E-state index contributed by atoms with van der Waals surface area (Å²) in [5.74, 6) is 0.862. The first-order valence-electron chi connectivity index (χ1n) is 6.84. The molecule has 2 aromatic rings. The highest BCUT2D eigenvalue weighted by atomic mass is 32.2. The van der Waals surface area contributed by atoms with Crippen LogP contribution in [0.1, 0.15) is 37.9 Å². The van der Waals surface area contributed by atoms with Gasteiger partial charge in [-0.25, -0.2) is 0 Å². The Bertz CT molecular complexity index is 552. The smallest absolute Gasteiger partial charge is 0.0625 e. The number of hydrogen-bond donors (Lipinski definition) is 1. The molecule has 0 fully saturated rings. The Labute approximate surface area is 125 Å². The van der Waals surface area contributed by atoms with Crippen molar-refractivity contribution in [3.05, 3.63) is 47.8 Å². The molecular formula is C16H23N3S. The molecule has 1 aromatic carbocycles. The Kier molecular flexibility index (Phi) is 4.55. The van der Waals surface area contributed by atoms with Gasteiger partial charge in [-0.05, 0) is 16.5 Å². The Morgan fingerprint density at radius 3 is 2.40 bits per heavy atom. The normalized spacial score (nSPS) is 13.4. The van der Waals surface area contributed by atoms with E-state index < -0.39 is 0 Å². The lowest BCUT2D eigenvalue weighted by atomic mass is 9.86. The average molecular weight is 289 g/mol. The number of benzene rings is 1. The maximum atomic E-state index is 6.26. The average Bonchev–Trinajstić information content (AvgIpc) is 2.81. The quantitative estimate of drug-likeness (QED) is 0.876. The van der Waals surface area contributed by atoms with Crippen molar-refractivity contribution in [1.82, 2.24) is 9.78 Å². The third-order valence-electron chi connectivity index (χ3n) is 3.32. The minimum absolute atomic E-state index is 0.0502. The van der Waals surface area contributed by atoms with E-state index in [2.05, 4.69) is 50.1 Å². The van der Waals surface area contributed by atoms with Gasteiger partial charge in [0, 0.05) is 29.9 Å². The maximum absolute atomic E-state index is 6.26. The monoisotopic (exact) mass is 289 g/mol. The summed E-state index contributed by atoms with van der Waals surface area (Å²) in [5, 5.41) is 4.16. The molecule has 1 aromatic heterocycles. The maximum Gasteiger partial charge on any atom is 0.0625 e. The van der Waals surface area contributed by atoms with E-state index in [0.717, 1.165) is 10.6 Å². The summed E-state index contributed by atoms with van der Waals surface area (Å²) in [6.45, 7) is 6.67. The molecule has 0 aliphatic carbocycles. The number of hydrogen-bond acceptors (Lipinski definition) is 3. The van der Waals surface area contributed by atoms with Crippen molar-refractivity contribution in [2.24, 2.45) is 12.8 Å². The first kappa shape index (κ1) is 15.1. The molecular weight excluding hydrogens is 266 g/mol. The summed E-state index contributed by atoms with van der Waals surface area (Å²) in [6.07, 6.45) is 3.89. The minimum atomic E-state index is 0.0502. The van der Waals surface area contributed by atoms with Crippen LogP contribution in [0.15, 0.2) is 41.6 Å². The van der Waals surface area contributed by atoms with Crippen LogP contribution in [-0.4, -0.2) is 15.5 Å². The Hall–Kier alpha value is -1.26. The molecule has 108 valence electrons. The minimum Gasteiger partial charge on any atom is -0.323 e. The van der Waals surface area contributed by atoms with Crippen LogP contribution >= 0.6 is 11.8 Å². The molecule has 20 heavy (non-hydrogen) atoms. The summed E-state index contributed by atoms with van der Waals surface area (Å²) in [4.78, 5) is 1.16. The van der Waals surface area contributed by atoms with Crippen LogP contribution in [0.5, 0.6) is 0 Å². The fourth-order valence-electron chi connectivity index (χ4n) is 1.99. The first-order valence-corrected chi connectivity index (χ1v) is 7.82. The van der Waals surface area contributed by atoms with E-state index in [9.17, 15) is 0 Å². The highest BCUT2D eigenvalue weighted by molar-refractivity contribution is 7.99. The van der Waals surface area contributed by atoms with Crippen molar-refractivity contribution >= 4 is 11.8 Å². The first-order chi connectivity index (χ1) is 9.36. The molecule has 0 aliphatic rings. The fraction of sp³-hybridized carbons (Fsp3) is 0.438. The SMILES string of the molecule is Cn1cc(SCC(N)c2ccc(C(C)(C)C)cc2)cn1. The Balaban J connectivity index is 1.97. The molecule has 0 spiro atoms. The van der Waals surface area contributed by atoms with Gasteiger partial charge in [0.1, 0.15) is 0 Å². The lowest BCUT2D eigenvalue weighted by molar-refractivity contribution is 0.589. The molecule has 0 bridgehead atoms. The second-order valence-electron chi connectivity index (χ2n) is 6.14. The van der Waals surface area contributed by atoms with E-state index in [-0.39, 0.29) is 11.5 Å². The van der Waals surface area contributed by atoms with E-state index in [4.69, 9.17) is 5.73 Å². The Morgan fingerprint density at radius 1 is 1.25 bits per heavy atom. The van der Waals surface area contributed by atoms with Gasteiger partial charge in [-0.3, -0.25) is 4.68 Å². The molecule has 1 heterocycles. The second-order valence-corrected chi connectivity index (χ2v) is 7.23. The molecule has 2 rings (SSSR count). The van der Waals surface area contributed by atoms with Gasteiger partial charge in [0.2, 0.25) is 0 Å². The Morgan fingerprint density at radius 2 is 1.90 bits per heavy atom. The lowest BCUT2D eigenvalue weighted by Gasteiger charge is -2.20. The van der Waals surface area contributed by atoms with Gasteiger partial charge >= 0.3 is 0 Å². The fourth-order valence-corrected chi connectivity index (χ4v) is 2.90. The van der Waals surface area contributed by atoms with Gasteiger partial charge in [0.25, 0.3) is 0 Å². The van der Waals surface area contributed by atoms with Crippen LogP contribution in [-0.2, 0) is 12.5 Å². The van der Waals surface area contributed by atoms with Gasteiger partial charge in [-0.2, -0.15) is 5.10 Å². The van der Waals surface area contributed by atoms with Gasteiger partial charge in [-0.15, -0.1) is 11.8 Å². The molecule has 3 nitrogen and oxygen atoms in total. The largest absolute Gasteiger partial charge is 0.323 e. The van der Waals surface area contributed by atoms with Crippen LogP contribution in [0.4, 0.5) is 0 Å². The topological polar surface area (TPSA) is 43.8 Å². The molecule has 4 heteroatoms. The summed E-state index contributed by atoms with van der Waals surface area (Å²) in [7, 11) is 1.93. The number of nitrogens with zero attached hydrogens (tertiary/aromatic N) is 2. The van der Waals surface area contributed by atoms with E-state index in [1.54, 1.807) is 11.8 Å². The van der Waals surface area contributed by atoms with Gasteiger partial charge < -0.3 is 5.73 Å². The zero-order valence-corrected chi connectivity index (χ0v) is 13.4. The number of nitrogens with two attached hydrogens (primary N) is 1. The van der Waals surface area contributed by atoms with Gasteiger partial charge in [0.05, 0.1) is 6.20 Å². The number of aromatic nitrogens is 2. The zero-order valence-electron chi connectivity index (χ0n) is 12.6. The highest BCUT2D eigenvalue weighted by Gasteiger charge is 2.14. The standard InChI is InChI=1S/C16H23N3S/c1-16(2,3)13-7-5-12(6-8-13)15(17)11-20-14-9-18-19(4)10-14/h5-10,15H,11,17H2,1-4H3. The zero-order chi connectivity index (χ0) is 14.8. The van der Waals surface area contributed by atoms with Gasteiger partial charge in [-0.1, -0.05) is 45.0 Å². The second kappa shape index (κ2) is 6.02. The van der Waals surface area contributed by atoms with Crippen LogP contribution in [0, 0.1) is 0 Å². The molecule has 0 saturated carbocycles. The number of rotatable bonds is 4. The van der Waals surface area contributed by atoms with Crippen molar-refractivity contribution in [1.29, 1.82) is 0 Å². The van der Waals surface area contributed by atoms with E-state index >= 15 is 0 Å². The molecule has 0 radical (unpaired) electrons. The van der Waals surface area contributed by atoms with Crippen molar-refractivity contribution in [2.45, 2.75) is 37.1 Å².